The van der Waals surface area contributed by atoms with Crippen LogP contribution in [0.15, 0.2) is 69.5 Å². The fraction of sp³-hybridized carbons (Fsp3) is 0.595. The van der Waals surface area contributed by atoms with E-state index in [2.05, 4.69) is 49.6 Å². The fourth-order valence-electron chi connectivity index (χ4n) is 18.0. The molecule has 30 heteroatoms. The number of nitrogens with two attached hydrogens (primary N) is 3. The van der Waals surface area contributed by atoms with E-state index in [1.807, 2.05) is 39.8 Å². The highest BCUT2D eigenvalue weighted by atomic mass is 16.7. The van der Waals surface area contributed by atoms with Gasteiger partial charge in [0, 0.05) is 100 Å². The molecule has 3 saturated heterocycles. The van der Waals surface area contributed by atoms with Gasteiger partial charge in [-0.2, -0.15) is 9.97 Å². The zero-order valence-corrected chi connectivity index (χ0v) is 65.7. The van der Waals surface area contributed by atoms with Crippen molar-refractivity contribution in [2.24, 2.45) is 53.1 Å². The van der Waals surface area contributed by atoms with Gasteiger partial charge in [0.1, 0.15) is 58.6 Å². The number of hydroxylamine groups is 2. The lowest BCUT2D eigenvalue weighted by atomic mass is 9.54. The Balaban J connectivity index is 0.000000185. The van der Waals surface area contributed by atoms with Crippen LogP contribution >= 0.6 is 0 Å². The third kappa shape index (κ3) is 22.3. The summed E-state index contributed by atoms with van der Waals surface area (Å²) in [5, 5.41) is 49.9. The normalized spacial score (nSPS) is 25.1. The minimum atomic E-state index is -0.716. The monoisotopic (exact) mass is 1580 g/mol. The number of phenols is 2. The summed E-state index contributed by atoms with van der Waals surface area (Å²) in [7, 11) is 0. The Morgan fingerprint density at radius 1 is 0.535 bits per heavy atom. The second-order valence-electron chi connectivity index (χ2n) is 31.1. The van der Waals surface area contributed by atoms with Crippen molar-refractivity contribution in [2.75, 3.05) is 64.1 Å². The number of aliphatic hydroxyl groups is 2. The van der Waals surface area contributed by atoms with E-state index < -0.39 is 53.8 Å². The highest BCUT2D eigenvalue weighted by Gasteiger charge is 2.49. The third-order valence-electron chi connectivity index (χ3n) is 22.8. The third-order valence-corrected chi connectivity index (χ3v) is 22.8. The molecule has 2 aromatic heterocycles. The number of aliphatic hydroxyl groups excluding tert-OH is 2. The summed E-state index contributed by atoms with van der Waals surface area (Å²) < 4.78 is 38.4. The van der Waals surface area contributed by atoms with Gasteiger partial charge in [-0.15, -0.1) is 5.06 Å². The molecule has 8 bridgehead atoms. The summed E-state index contributed by atoms with van der Waals surface area (Å²) in [4.78, 5) is 108. The van der Waals surface area contributed by atoms with Crippen LogP contribution in [0.25, 0.3) is 11.5 Å². The van der Waals surface area contributed by atoms with E-state index in [9.17, 15) is 58.8 Å². The van der Waals surface area contributed by atoms with Gasteiger partial charge in [-0.05, 0) is 199 Å². The minimum absolute atomic E-state index is 0.0295. The number of benzene rings is 2. The summed E-state index contributed by atoms with van der Waals surface area (Å²) in [6, 6.07) is 10.6. The number of nitrogen functional groups attached to an aromatic ring is 2. The predicted molar refractivity (Wildman–Crippen MR) is 420 cm³/mol. The summed E-state index contributed by atoms with van der Waals surface area (Å²) >= 11 is 0. The largest absolute Gasteiger partial charge is 0.508 e. The first-order chi connectivity index (χ1) is 55.0. The first-order valence-corrected chi connectivity index (χ1v) is 40.6. The molecule has 5 amide bonds. The maximum Gasteiger partial charge on any atom is 0.351 e. The molecular weight excluding hydrogens is 1470 g/mol. The number of amides is 5. The molecular formula is C84H111N11O19. The lowest BCUT2D eigenvalue weighted by molar-refractivity contribution is -0.197. The van der Waals surface area contributed by atoms with Crippen molar-refractivity contribution in [1.82, 2.24) is 40.1 Å². The molecule has 11 aliphatic rings. The van der Waals surface area contributed by atoms with E-state index in [0.29, 0.717) is 129 Å². The van der Waals surface area contributed by atoms with Gasteiger partial charge in [-0.1, -0.05) is 37.5 Å². The first kappa shape index (κ1) is 84.9. The van der Waals surface area contributed by atoms with E-state index >= 15 is 0 Å². The Kier molecular flexibility index (Phi) is 30.1. The van der Waals surface area contributed by atoms with Gasteiger partial charge in [-0.25, -0.2) is 14.4 Å². The number of ether oxygens (including phenoxy) is 6. The van der Waals surface area contributed by atoms with Crippen LogP contribution in [0.3, 0.4) is 0 Å². The van der Waals surface area contributed by atoms with Crippen LogP contribution in [0.4, 0.5) is 11.6 Å². The average Bonchev–Trinajstić information content (AvgIpc) is 0.802. The lowest BCUT2D eigenvalue weighted by Gasteiger charge is -2.51. The number of hydrogen-bond acceptors (Lipinski definition) is 24. The van der Waals surface area contributed by atoms with Crippen molar-refractivity contribution in [3.8, 4) is 46.7 Å². The molecule has 114 heavy (non-hydrogen) atoms. The maximum absolute atomic E-state index is 12.4. The number of nitrogens with zero attached hydrogens (tertiary/aromatic N) is 5. The lowest BCUT2D eigenvalue weighted by Crippen LogP contribution is -2.41. The van der Waals surface area contributed by atoms with Crippen LogP contribution in [0.2, 0.25) is 0 Å². The standard InChI is InChI=1S/C40H53N5O8.C31H40N2O8.C13H18N4O3/c1-3-33-32(47)22-36(53-33)45-23-26(39(41)44-40(45)50)8-6-11-42-34(48)9-5-10-35(49)43-12-7-13-52-31-20-29(19-30(46)21-31)38(51-4-2)37-27-15-24-14-25(17-27)18-28(37)16-24;1-2-39-31(30-21-12-19-11-20(14-21)15-22(30)13-19)23-16-24(34)18-25(17-23)40-10-4-9-32-26(35)5-3-6-29(38)41-33-27(36)7-8-28(33)37;1-2-10-9(18)6-11(20-10)17-7-8(4-3-5-14)12(15)16-13(17)19/h19-21,23-25,27-28,32-33,36,46-47H,3-5,7,9-18,22H2,1-2H3,(H,42,48)(H,43,49)(H2,41,44,50);16-22,34H,2-15H2,1H3,(H,32,35);7,9-11,18H,2,5-6,14H2,1H3,(H2,15,16,19). The second-order valence-corrected chi connectivity index (χ2v) is 31.1. The molecule has 3 aliphatic heterocycles. The Morgan fingerprint density at radius 2 is 0.939 bits per heavy atom. The molecule has 8 aliphatic carbocycles. The molecule has 616 valence electrons. The van der Waals surface area contributed by atoms with Crippen molar-refractivity contribution < 1.29 is 82.5 Å². The zero-order chi connectivity index (χ0) is 81.1. The molecule has 8 saturated carbocycles. The number of allylic oxidation sites excluding steroid dienone is 2. The number of phenolic OH excluding ortho intramolecular Hbond substituents is 2. The van der Waals surface area contributed by atoms with Crippen molar-refractivity contribution in [1.29, 1.82) is 0 Å². The van der Waals surface area contributed by atoms with Crippen LogP contribution in [-0.4, -0.2) is 157 Å². The maximum atomic E-state index is 12.4. The SMILES string of the molecule is CCC1OC(n2cc(C#CCN)c(N)nc2=O)CC1O.CCOC(=C1C2CC3CC(C2)CC1C3)c1cc(O)cc(OCCCNC(=O)CCCC(=O)NCC#Cc2cn(C3CC(O)C(CC)O3)c(=O)nc2N)c1.CCOC(=C1C2CC3CC(C2)CC1C3)c1cc(O)cc(OCCCNC(=O)CCCC(=O)ON2C(=O)CCC2=O)c1. The van der Waals surface area contributed by atoms with Crippen LogP contribution in [-0.2, 0) is 52.6 Å². The molecule has 13 N–H and O–H groups in total. The Morgan fingerprint density at radius 3 is 1.33 bits per heavy atom. The number of anilines is 2. The average molecular weight is 1580 g/mol. The van der Waals surface area contributed by atoms with Gasteiger partial charge in [0.25, 0.3) is 11.8 Å². The number of hydrogen-bond donors (Lipinski definition) is 10. The van der Waals surface area contributed by atoms with Gasteiger partial charge < -0.3 is 86.8 Å². The van der Waals surface area contributed by atoms with Crippen molar-refractivity contribution >= 4 is 58.7 Å². The van der Waals surface area contributed by atoms with Gasteiger partial charge >= 0.3 is 17.3 Å². The smallest absolute Gasteiger partial charge is 0.351 e. The topological polar surface area (TPSA) is 435 Å². The highest BCUT2D eigenvalue weighted by Crippen LogP contribution is 2.60. The van der Waals surface area contributed by atoms with Gasteiger partial charge in [-0.3, -0.25) is 33.1 Å². The van der Waals surface area contributed by atoms with Crippen LogP contribution in [0.1, 0.15) is 217 Å². The molecule has 15 rings (SSSR count). The Labute approximate surface area is 663 Å². The zero-order valence-electron chi connectivity index (χ0n) is 65.7. The van der Waals surface area contributed by atoms with Crippen LogP contribution in [0, 0.1) is 71.0 Å². The Hall–Kier alpha value is -9.98. The number of carbonyl (C=O) groups excluding carboxylic acids is 6. The molecule has 2 aromatic carbocycles. The van der Waals surface area contributed by atoms with Crippen LogP contribution < -0.4 is 54.0 Å². The fourth-order valence-corrected chi connectivity index (χ4v) is 18.0. The van der Waals surface area contributed by atoms with E-state index in [4.69, 9.17) is 50.5 Å². The molecule has 11 fully saturated rings. The van der Waals surface area contributed by atoms with E-state index in [1.54, 1.807) is 24.3 Å². The minimum Gasteiger partial charge on any atom is -0.508 e. The van der Waals surface area contributed by atoms with Crippen molar-refractivity contribution in [2.45, 2.75) is 219 Å². The van der Waals surface area contributed by atoms with Crippen molar-refractivity contribution in [3.05, 3.63) is 103 Å². The van der Waals surface area contributed by atoms with Gasteiger partial charge in [0.05, 0.1) is 75.1 Å². The number of imide groups is 1. The van der Waals surface area contributed by atoms with Crippen LogP contribution in [0.5, 0.6) is 23.0 Å². The summed E-state index contributed by atoms with van der Waals surface area (Å²) in [5.41, 5.74) is 21.1. The summed E-state index contributed by atoms with van der Waals surface area (Å²) in [6.07, 6.45) is 16.7. The quantitative estimate of drug-likeness (QED) is 0.0105. The van der Waals surface area contributed by atoms with E-state index in [0.717, 1.165) is 46.3 Å². The first-order valence-electron chi connectivity index (χ1n) is 40.6. The molecule has 6 atom stereocenters. The second kappa shape index (κ2) is 40.3. The molecule has 5 heterocycles. The molecule has 4 aromatic rings. The summed E-state index contributed by atoms with van der Waals surface area (Å²) in [5.74, 6) is 17.6. The van der Waals surface area contributed by atoms with Gasteiger partial charge in [0.2, 0.25) is 17.7 Å². The molecule has 0 radical (unpaired) electrons. The van der Waals surface area contributed by atoms with E-state index in [-0.39, 0.29) is 118 Å². The number of rotatable bonds is 30. The van der Waals surface area contributed by atoms with E-state index in [1.165, 1.54) is 96.9 Å². The molecule has 30 nitrogen and oxygen atoms in total. The van der Waals surface area contributed by atoms with Crippen molar-refractivity contribution in [3.63, 3.8) is 0 Å². The number of aromatic nitrogens is 4. The number of carbonyl (C=O) groups is 6. The van der Waals surface area contributed by atoms with Gasteiger partial charge in [0.15, 0.2) is 0 Å². The number of nitrogens with one attached hydrogen (secondary N) is 3. The molecule has 6 unspecified atom stereocenters. The summed E-state index contributed by atoms with van der Waals surface area (Å²) in [6.45, 7) is 10.7. The molecule has 0 spiro atoms. The number of aromatic hydroxyl groups is 2. The highest BCUT2D eigenvalue weighted by molar-refractivity contribution is 6.01. The predicted octanol–water partition coefficient (Wildman–Crippen LogP) is 7.47. The Bertz CT molecular complexity index is 4360.